The number of rotatable bonds is 5. The van der Waals surface area contributed by atoms with Crippen LogP contribution >= 0.6 is 11.3 Å². The van der Waals surface area contributed by atoms with Crippen molar-refractivity contribution >= 4 is 17.2 Å². The van der Waals surface area contributed by atoms with Gasteiger partial charge in [-0.2, -0.15) is 0 Å². The molecule has 4 nitrogen and oxygen atoms in total. The molecule has 23 heavy (non-hydrogen) atoms. The highest BCUT2D eigenvalue weighted by Gasteiger charge is 2.42. The van der Waals surface area contributed by atoms with E-state index in [4.69, 9.17) is 4.74 Å². The van der Waals surface area contributed by atoms with Gasteiger partial charge in [0.2, 0.25) is 5.91 Å². The summed E-state index contributed by atoms with van der Waals surface area (Å²) in [6.07, 6.45) is 4.00. The van der Waals surface area contributed by atoms with Crippen molar-refractivity contribution < 1.29 is 9.53 Å². The van der Waals surface area contributed by atoms with E-state index in [-0.39, 0.29) is 5.91 Å². The van der Waals surface area contributed by atoms with Gasteiger partial charge in [0.1, 0.15) is 10.8 Å². The van der Waals surface area contributed by atoms with Gasteiger partial charge in [0.15, 0.2) is 0 Å². The Labute approximate surface area is 140 Å². The topological polar surface area (TPSA) is 51.2 Å². The van der Waals surface area contributed by atoms with Crippen LogP contribution < -0.4 is 10.1 Å². The molecular weight excluding hydrogens is 308 g/mol. The Morgan fingerprint density at radius 2 is 2.00 bits per heavy atom. The van der Waals surface area contributed by atoms with Crippen molar-refractivity contribution in [3.05, 3.63) is 45.9 Å². The lowest BCUT2D eigenvalue weighted by molar-refractivity contribution is -0.126. The monoisotopic (exact) mass is 330 g/mol. The average Bonchev–Trinajstić information content (AvgIpc) is 3.22. The van der Waals surface area contributed by atoms with Crippen LogP contribution in [0.25, 0.3) is 0 Å². The Kier molecular flexibility index (Phi) is 4.66. The number of nitrogens with one attached hydrogen (secondary N) is 1. The van der Waals surface area contributed by atoms with Gasteiger partial charge in [0.05, 0.1) is 19.1 Å². The lowest BCUT2D eigenvalue weighted by Gasteiger charge is -2.28. The van der Waals surface area contributed by atoms with Crippen LogP contribution in [0.3, 0.4) is 0 Å². The number of hydrogen-bond donors (Lipinski definition) is 1. The Bertz CT molecular complexity index is 673. The summed E-state index contributed by atoms with van der Waals surface area (Å²) in [5, 5.41) is 6.07. The molecule has 3 rings (SSSR count). The van der Waals surface area contributed by atoms with Crippen molar-refractivity contribution in [3.8, 4) is 5.75 Å². The van der Waals surface area contributed by atoms with E-state index in [2.05, 4.69) is 10.3 Å². The molecular formula is C18H22N2O2S. The average molecular weight is 330 g/mol. The van der Waals surface area contributed by atoms with Crippen molar-refractivity contribution in [1.82, 2.24) is 10.3 Å². The van der Waals surface area contributed by atoms with Crippen LogP contribution in [0.15, 0.2) is 29.6 Å². The lowest BCUT2D eigenvalue weighted by Crippen LogP contribution is -2.42. The normalized spacial score (nSPS) is 16.3. The standard InChI is InChI=1S/C18H22N2O2S/c1-13-12-23-16(20-13)11-19-17(21)18(9-3-4-10-18)14-5-7-15(22-2)8-6-14/h5-8,12H,3-4,9-11H2,1-2H3,(H,19,21). The zero-order valence-corrected chi connectivity index (χ0v) is 14.4. The molecule has 2 aromatic rings. The fourth-order valence-corrected chi connectivity index (χ4v) is 4.06. The molecule has 0 aliphatic heterocycles. The maximum atomic E-state index is 12.9. The second-order valence-electron chi connectivity index (χ2n) is 6.08. The number of methoxy groups -OCH3 is 1. The third kappa shape index (κ3) is 3.24. The number of nitrogens with zero attached hydrogens (tertiary/aromatic N) is 1. The molecule has 0 saturated heterocycles. The van der Waals surface area contributed by atoms with Crippen LogP contribution in [0.1, 0.15) is 41.9 Å². The minimum atomic E-state index is -0.404. The van der Waals surface area contributed by atoms with E-state index in [9.17, 15) is 4.79 Å². The molecule has 0 unspecified atom stereocenters. The van der Waals surface area contributed by atoms with Crippen LogP contribution in [0.4, 0.5) is 0 Å². The maximum Gasteiger partial charge on any atom is 0.231 e. The van der Waals surface area contributed by atoms with E-state index in [0.717, 1.165) is 47.7 Å². The van der Waals surface area contributed by atoms with Crippen LogP contribution in [-0.2, 0) is 16.8 Å². The highest BCUT2D eigenvalue weighted by Crippen LogP contribution is 2.41. The van der Waals surface area contributed by atoms with Crippen molar-refractivity contribution in [2.75, 3.05) is 7.11 Å². The number of hydrogen-bond acceptors (Lipinski definition) is 4. The first-order valence-electron chi connectivity index (χ1n) is 7.98. The second kappa shape index (κ2) is 6.71. The van der Waals surface area contributed by atoms with Crippen molar-refractivity contribution in [1.29, 1.82) is 0 Å². The molecule has 0 spiro atoms. The summed E-state index contributed by atoms with van der Waals surface area (Å²) in [6.45, 7) is 2.48. The van der Waals surface area contributed by atoms with Crippen LogP contribution in [0.2, 0.25) is 0 Å². The van der Waals surface area contributed by atoms with Gasteiger partial charge >= 0.3 is 0 Å². The minimum absolute atomic E-state index is 0.119. The molecule has 0 atom stereocenters. The van der Waals surface area contributed by atoms with Gasteiger partial charge in [-0.15, -0.1) is 11.3 Å². The molecule has 1 saturated carbocycles. The molecule has 1 aromatic carbocycles. The number of amides is 1. The van der Waals surface area contributed by atoms with Crippen LogP contribution in [0.5, 0.6) is 5.75 Å². The highest BCUT2D eigenvalue weighted by atomic mass is 32.1. The largest absolute Gasteiger partial charge is 0.497 e. The molecule has 1 aliphatic carbocycles. The van der Waals surface area contributed by atoms with E-state index in [1.807, 2.05) is 36.6 Å². The zero-order chi connectivity index (χ0) is 16.3. The van der Waals surface area contributed by atoms with E-state index in [0.29, 0.717) is 6.54 Å². The SMILES string of the molecule is COc1ccc(C2(C(=O)NCc3nc(C)cs3)CCCC2)cc1. The van der Waals surface area contributed by atoms with Crippen LogP contribution in [-0.4, -0.2) is 18.0 Å². The molecule has 1 heterocycles. The lowest BCUT2D eigenvalue weighted by atomic mass is 9.78. The van der Waals surface area contributed by atoms with Gasteiger partial charge in [0.25, 0.3) is 0 Å². The van der Waals surface area contributed by atoms with E-state index in [1.54, 1.807) is 18.4 Å². The first-order chi connectivity index (χ1) is 11.1. The zero-order valence-electron chi connectivity index (χ0n) is 13.6. The molecule has 1 amide bonds. The Hall–Kier alpha value is -1.88. The van der Waals surface area contributed by atoms with Gasteiger partial charge in [-0.25, -0.2) is 4.98 Å². The summed E-state index contributed by atoms with van der Waals surface area (Å²) in [5.41, 5.74) is 1.69. The molecule has 1 aliphatic rings. The molecule has 5 heteroatoms. The molecule has 1 aromatic heterocycles. The number of aryl methyl sites for hydroxylation is 1. The van der Waals surface area contributed by atoms with Crippen molar-refractivity contribution in [2.45, 2.75) is 44.6 Å². The highest BCUT2D eigenvalue weighted by molar-refractivity contribution is 7.09. The summed E-state index contributed by atoms with van der Waals surface area (Å²) in [7, 11) is 1.66. The predicted octanol–water partition coefficient (Wildman–Crippen LogP) is 3.59. The fraction of sp³-hybridized carbons (Fsp3) is 0.444. The van der Waals surface area contributed by atoms with Gasteiger partial charge in [-0.05, 0) is 37.5 Å². The van der Waals surface area contributed by atoms with Crippen LogP contribution in [0, 0.1) is 6.92 Å². The van der Waals surface area contributed by atoms with Crippen molar-refractivity contribution in [3.63, 3.8) is 0 Å². The fourth-order valence-electron chi connectivity index (χ4n) is 3.34. The van der Waals surface area contributed by atoms with Crippen molar-refractivity contribution in [2.24, 2.45) is 0 Å². The van der Waals surface area contributed by atoms with E-state index >= 15 is 0 Å². The minimum Gasteiger partial charge on any atom is -0.497 e. The smallest absolute Gasteiger partial charge is 0.231 e. The third-order valence-corrected chi connectivity index (χ3v) is 5.57. The number of ether oxygens (including phenoxy) is 1. The maximum absolute atomic E-state index is 12.9. The molecule has 122 valence electrons. The summed E-state index contributed by atoms with van der Waals surface area (Å²) in [6, 6.07) is 7.92. The van der Waals surface area contributed by atoms with Gasteiger partial charge in [-0.1, -0.05) is 25.0 Å². The number of aromatic nitrogens is 1. The van der Waals surface area contributed by atoms with Gasteiger partial charge in [0, 0.05) is 11.1 Å². The molecule has 0 radical (unpaired) electrons. The summed E-state index contributed by atoms with van der Waals surface area (Å²) in [4.78, 5) is 17.4. The third-order valence-electron chi connectivity index (χ3n) is 4.60. The summed E-state index contributed by atoms with van der Waals surface area (Å²) >= 11 is 1.59. The Balaban J connectivity index is 1.77. The quantitative estimate of drug-likeness (QED) is 0.911. The number of thiazole rings is 1. The number of benzene rings is 1. The molecule has 0 bridgehead atoms. The number of carbonyl (C=O) groups excluding carboxylic acids is 1. The van der Waals surface area contributed by atoms with E-state index < -0.39 is 5.41 Å². The molecule has 1 N–H and O–H groups in total. The number of carbonyl (C=O) groups is 1. The summed E-state index contributed by atoms with van der Waals surface area (Å²) < 4.78 is 5.23. The van der Waals surface area contributed by atoms with Gasteiger partial charge in [-0.3, -0.25) is 4.79 Å². The predicted molar refractivity (Wildman–Crippen MR) is 91.8 cm³/mol. The second-order valence-corrected chi connectivity index (χ2v) is 7.03. The molecule has 1 fully saturated rings. The Morgan fingerprint density at radius 3 is 2.57 bits per heavy atom. The first-order valence-corrected chi connectivity index (χ1v) is 8.86. The summed E-state index contributed by atoms with van der Waals surface area (Å²) in [5.74, 6) is 0.939. The first kappa shape index (κ1) is 16.0. The van der Waals surface area contributed by atoms with Gasteiger partial charge < -0.3 is 10.1 Å². The van der Waals surface area contributed by atoms with E-state index in [1.165, 1.54) is 0 Å². The Morgan fingerprint density at radius 1 is 1.30 bits per heavy atom.